The van der Waals surface area contributed by atoms with E-state index in [0.29, 0.717) is 5.92 Å². The van der Waals surface area contributed by atoms with Gasteiger partial charge in [-0.3, -0.25) is 9.58 Å². The van der Waals surface area contributed by atoms with Crippen molar-refractivity contribution in [3.8, 4) is 0 Å². The van der Waals surface area contributed by atoms with Crippen LogP contribution in [0.2, 0.25) is 0 Å². The molecule has 2 aromatic heterocycles. The van der Waals surface area contributed by atoms with Crippen molar-refractivity contribution >= 4 is 0 Å². The third-order valence-electron chi connectivity index (χ3n) is 3.04. The molecule has 0 radical (unpaired) electrons. The van der Waals surface area contributed by atoms with Gasteiger partial charge in [0.2, 0.25) is 0 Å². The average Bonchev–Trinajstić information content (AvgIpc) is 2.98. The lowest BCUT2D eigenvalue weighted by Gasteiger charge is -2.13. The van der Waals surface area contributed by atoms with Gasteiger partial charge in [-0.15, -0.1) is 0 Å². The van der Waals surface area contributed by atoms with Crippen molar-refractivity contribution in [2.45, 2.75) is 46.3 Å². The maximum atomic E-state index is 5.31. The number of hydrogen-bond donors (Lipinski definition) is 0. The zero-order valence-electron chi connectivity index (χ0n) is 12.1. The fourth-order valence-corrected chi connectivity index (χ4v) is 1.98. The Morgan fingerprint density at radius 2 is 2.16 bits per heavy atom. The third kappa shape index (κ3) is 3.67. The van der Waals surface area contributed by atoms with E-state index in [1.165, 1.54) is 5.56 Å². The van der Waals surface area contributed by atoms with Crippen LogP contribution in [0.4, 0.5) is 0 Å². The summed E-state index contributed by atoms with van der Waals surface area (Å²) in [5.74, 6) is 1.33. The topological polar surface area (TPSA) is 47.1 Å². The maximum Gasteiger partial charge on any atom is 0.139 e. The van der Waals surface area contributed by atoms with Crippen LogP contribution in [0.1, 0.15) is 43.7 Å². The number of rotatable bonds is 6. The minimum absolute atomic E-state index is 0.384. The molecular formula is C14H22N4O. The van der Waals surface area contributed by atoms with Crippen molar-refractivity contribution in [1.82, 2.24) is 19.8 Å². The monoisotopic (exact) mass is 262 g/mol. The Labute approximate surface area is 114 Å². The second-order valence-corrected chi connectivity index (χ2v) is 5.25. The Morgan fingerprint density at radius 3 is 2.74 bits per heavy atom. The molecule has 19 heavy (non-hydrogen) atoms. The predicted molar refractivity (Wildman–Crippen MR) is 73.7 cm³/mol. The number of aryl methyl sites for hydroxylation is 1. The standard InChI is InChI=1S/C14H22N4O/c1-5-18-9-12(7-15-18)8-17(4)10-13-6-14(11(2)3)19-16-13/h6-7,9,11H,5,8,10H2,1-4H3. The predicted octanol–water partition coefficient (Wildman–Crippen LogP) is 2.65. The molecule has 0 saturated carbocycles. The van der Waals surface area contributed by atoms with Crippen LogP contribution in [-0.4, -0.2) is 26.9 Å². The normalized spacial score (nSPS) is 11.7. The summed E-state index contributed by atoms with van der Waals surface area (Å²) in [5, 5.41) is 8.38. The highest BCUT2D eigenvalue weighted by Gasteiger charge is 2.10. The van der Waals surface area contributed by atoms with E-state index in [4.69, 9.17) is 4.52 Å². The summed E-state index contributed by atoms with van der Waals surface area (Å²) in [6.45, 7) is 8.85. The summed E-state index contributed by atoms with van der Waals surface area (Å²) in [6, 6.07) is 2.04. The summed E-state index contributed by atoms with van der Waals surface area (Å²) in [4.78, 5) is 2.21. The highest BCUT2D eigenvalue weighted by Crippen LogP contribution is 2.16. The van der Waals surface area contributed by atoms with E-state index < -0.39 is 0 Å². The Hall–Kier alpha value is -1.62. The van der Waals surface area contributed by atoms with Crippen molar-refractivity contribution in [2.24, 2.45) is 0 Å². The molecule has 0 fully saturated rings. The Kier molecular flexibility index (Phi) is 4.37. The lowest BCUT2D eigenvalue weighted by atomic mass is 10.1. The molecule has 5 nitrogen and oxygen atoms in total. The highest BCUT2D eigenvalue weighted by atomic mass is 16.5. The van der Waals surface area contributed by atoms with Gasteiger partial charge in [-0.05, 0) is 14.0 Å². The Morgan fingerprint density at radius 1 is 1.37 bits per heavy atom. The van der Waals surface area contributed by atoms with Gasteiger partial charge in [-0.1, -0.05) is 19.0 Å². The van der Waals surface area contributed by atoms with Crippen molar-refractivity contribution in [3.05, 3.63) is 35.5 Å². The van der Waals surface area contributed by atoms with Gasteiger partial charge in [-0.2, -0.15) is 5.10 Å². The first-order chi connectivity index (χ1) is 9.08. The second kappa shape index (κ2) is 6.02. The van der Waals surface area contributed by atoms with E-state index in [1.807, 2.05) is 16.9 Å². The largest absolute Gasteiger partial charge is 0.361 e. The minimum atomic E-state index is 0.384. The highest BCUT2D eigenvalue weighted by molar-refractivity contribution is 5.09. The average molecular weight is 262 g/mol. The summed E-state index contributed by atoms with van der Waals surface area (Å²) in [5.41, 5.74) is 2.20. The lowest BCUT2D eigenvalue weighted by Crippen LogP contribution is -2.17. The van der Waals surface area contributed by atoms with Gasteiger partial charge in [0.1, 0.15) is 5.76 Å². The number of aromatic nitrogens is 3. The lowest BCUT2D eigenvalue weighted by molar-refractivity contribution is 0.299. The molecule has 5 heteroatoms. The first-order valence-corrected chi connectivity index (χ1v) is 6.73. The van der Waals surface area contributed by atoms with Gasteiger partial charge in [0.25, 0.3) is 0 Å². The Bertz CT molecular complexity index is 515. The molecule has 0 aliphatic heterocycles. The molecular weight excluding hydrogens is 240 g/mol. The van der Waals surface area contributed by atoms with Gasteiger partial charge < -0.3 is 4.52 Å². The van der Waals surface area contributed by atoms with E-state index >= 15 is 0 Å². The SMILES string of the molecule is CCn1cc(CN(C)Cc2cc(C(C)C)on2)cn1. The molecule has 0 aliphatic rings. The van der Waals surface area contributed by atoms with Crippen LogP contribution in [0.5, 0.6) is 0 Å². The fourth-order valence-electron chi connectivity index (χ4n) is 1.98. The molecule has 0 aliphatic carbocycles. The third-order valence-corrected chi connectivity index (χ3v) is 3.04. The van der Waals surface area contributed by atoms with E-state index in [9.17, 15) is 0 Å². The van der Waals surface area contributed by atoms with Crippen LogP contribution in [0, 0.1) is 0 Å². The quantitative estimate of drug-likeness (QED) is 0.803. The van der Waals surface area contributed by atoms with E-state index in [-0.39, 0.29) is 0 Å². The molecule has 2 aromatic rings. The zero-order chi connectivity index (χ0) is 13.8. The first kappa shape index (κ1) is 13.8. The molecule has 2 rings (SSSR count). The van der Waals surface area contributed by atoms with Crippen molar-refractivity contribution in [1.29, 1.82) is 0 Å². The van der Waals surface area contributed by atoms with Gasteiger partial charge in [0.05, 0.1) is 11.9 Å². The minimum Gasteiger partial charge on any atom is -0.361 e. The first-order valence-electron chi connectivity index (χ1n) is 6.73. The molecule has 0 bridgehead atoms. The zero-order valence-corrected chi connectivity index (χ0v) is 12.1. The molecule has 104 valence electrons. The van der Waals surface area contributed by atoms with Crippen molar-refractivity contribution in [2.75, 3.05) is 7.05 Å². The van der Waals surface area contributed by atoms with Gasteiger partial charge >= 0.3 is 0 Å². The summed E-state index contributed by atoms with van der Waals surface area (Å²) < 4.78 is 7.25. The Balaban J connectivity index is 1.91. The van der Waals surface area contributed by atoms with Gasteiger partial charge in [-0.25, -0.2) is 0 Å². The van der Waals surface area contributed by atoms with Crippen LogP contribution in [0.25, 0.3) is 0 Å². The molecule has 0 aromatic carbocycles. The summed E-state index contributed by atoms with van der Waals surface area (Å²) >= 11 is 0. The van der Waals surface area contributed by atoms with E-state index in [2.05, 4.69) is 49.2 Å². The second-order valence-electron chi connectivity index (χ2n) is 5.25. The molecule has 2 heterocycles. The van der Waals surface area contributed by atoms with Crippen molar-refractivity contribution < 1.29 is 4.52 Å². The van der Waals surface area contributed by atoms with Gasteiger partial charge in [0.15, 0.2) is 0 Å². The molecule has 0 amide bonds. The van der Waals surface area contributed by atoms with Crippen LogP contribution in [0.15, 0.2) is 23.0 Å². The molecule has 0 saturated heterocycles. The van der Waals surface area contributed by atoms with Crippen LogP contribution in [0.3, 0.4) is 0 Å². The van der Waals surface area contributed by atoms with E-state index in [1.54, 1.807) is 0 Å². The molecule has 0 unspecified atom stereocenters. The van der Waals surface area contributed by atoms with Crippen LogP contribution >= 0.6 is 0 Å². The van der Waals surface area contributed by atoms with Crippen LogP contribution < -0.4 is 0 Å². The summed E-state index contributed by atoms with van der Waals surface area (Å²) in [7, 11) is 2.08. The van der Waals surface area contributed by atoms with Gasteiger partial charge in [0, 0.05) is 43.4 Å². The maximum absolute atomic E-state index is 5.31. The van der Waals surface area contributed by atoms with Crippen molar-refractivity contribution in [3.63, 3.8) is 0 Å². The molecule has 0 N–H and O–H groups in total. The number of hydrogen-bond acceptors (Lipinski definition) is 4. The number of nitrogens with zero attached hydrogens (tertiary/aromatic N) is 4. The fraction of sp³-hybridized carbons (Fsp3) is 0.571. The van der Waals surface area contributed by atoms with E-state index in [0.717, 1.165) is 31.1 Å². The molecule has 0 spiro atoms. The smallest absolute Gasteiger partial charge is 0.139 e. The summed E-state index contributed by atoms with van der Waals surface area (Å²) in [6.07, 6.45) is 4.00. The van der Waals surface area contributed by atoms with Crippen LogP contribution in [-0.2, 0) is 19.6 Å². The molecule has 0 atom stereocenters.